The number of carbonyl (C=O) groups excluding carboxylic acids is 2. The lowest BCUT2D eigenvalue weighted by Gasteiger charge is -2.07. The molecule has 0 atom stereocenters. The normalized spacial score (nSPS) is 10.8. The molecule has 1 amide bonds. The highest BCUT2D eigenvalue weighted by Gasteiger charge is 2.14. The molecule has 9 nitrogen and oxygen atoms in total. The second-order valence-electron chi connectivity index (χ2n) is 6.78. The fourth-order valence-electron chi connectivity index (χ4n) is 3.00. The molecular formula is C22H18ClN5O4S. The predicted octanol–water partition coefficient (Wildman–Crippen LogP) is 3.67. The Hall–Kier alpha value is -3.63. The monoisotopic (exact) mass is 483 g/mol. The van der Waals surface area contributed by atoms with Crippen LogP contribution >= 0.6 is 23.4 Å². The summed E-state index contributed by atoms with van der Waals surface area (Å²) in [6, 6.07) is 13.4. The van der Waals surface area contributed by atoms with Crippen LogP contribution in [-0.2, 0) is 9.53 Å². The highest BCUT2D eigenvalue weighted by molar-refractivity contribution is 7.99. The maximum atomic E-state index is 12.5. The highest BCUT2D eigenvalue weighted by Crippen LogP contribution is 2.20. The van der Waals surface area contributed by atoms with E-state index in [0.717, 1.165) is 11.8 Å². The smallest absolute Gasteiger partial charge is 0.338 e. The van der Waals surface area contributed by atoms with E-state index in [0.29, 0.717) is 33.0 Å². The second kappa shape index (κ2) is 9.88. The summed E-state index contributed by atoms with van der Waals surface area (Å²) < 4.78 is 6.45. The maximum Gasteiger partial charge on any atom is 0.338 e. The Morgan fingerprint density at radius 2 is 2.00 bits per heavy atom. The number of hydrogen-bond donors (Lipinski definition) is 2. The van der Waals surface area contributed by atoms with Crippen LogP contribution < -0.4 is 10.9 Å². The van der Waals surface area contributed by atoms with E-state index in [-0.39, 0.29) is 29.0 Å². The summed E-state index contributed by atoms with van der Waals surface area (Å²) >= 11 is 7.15. The van der Waals surface area contributed by atoms with Crippen molar-refractivity contribution in [2.24, 2.45) is 0 Å². The quantitative estimate of drug-likeness (QED) is 0.234. The number of rotatable bonds is 7. The molecule has 0 saturated heterocycles. The lowest BCUT2D eigenvalue weighted by Crippen LogP contribution is -2.16. The van der Waals surface area contributed by atoms with E-state index in [1.54, 1.807) is 55.5 Å². The van der Waals surface area contributed by atoms with Gasteiger partial charge in [-0.15, -0.1) is 0 Å². The molecule has 11 heteroatoms. The van der Waals surface area contributed by atoms with Crippen molar-refractivity contribution in [2.75, 3.05) is 17.7 Å². The number of benzene rings is 2. The van der Waals surface area contributed by atoms with Gasteiger partial charge in [-0.1, -0.05) is 29.4 Å². The minimum absolute atomic E-state index is 0.0133. The molecule has 4 rings (SSSR count). The van der Waals surface area contributed by atoms with Crippen molar-refractivity contribution in [3.05, 3.63) is 75.7 Å². The molecule has 0 aliphatic heterocycles. The number of amides is 1. The number of carbonyl (C=O) groups is 2. The van der Waals surface area contributed by atoms with Crippen molar-refractivity contribution in [1.29, 1.82) is 0 Å². The number of esters is 1. The number of aromatic amines is 1. The minimum Gasteiger partial charge on any atom is -0.462 e. The molecule has 0 fully saturated rings. The first-order valence-electron chi connectivity index (χ1n) is 9.88. The van der Waals surface area contributed by atoms with Crippen molar-refractivity contribution >= 4 is 52.0 Å². The molecule has 0 aliphatic carbocycles. The van der Waals surface area contributed by atoms with Crippen LogP contribution in [0.15, 0.2) is 64.7 Å². The first-order chi connectivity index (χ1) is 15.9. The molecule has 0 aliphatic rings. The van der Waals surface area contributed by atoms with Crippen molar-refractivity contribution in [3.63, 3.8) is 0 Å². The number of ether oxygens (including phenoxy) is 1. The first-order valence-corrected chi connectivity index (χ1v) is 11.2. The SMILES string of the molecule is CCOC(=O)c1ccc(NC(=O)CSc2nc3c(cnn3-c3cccc(Cl)c3)c(=O)[nH]2)cc1. The topological polar surface area (TPSA) is 119 Å². The third kappa shape index (κ3) is 5.24. The molecule has 2 N–H and O–H groups in total. The summed E-state index contributed by atoms with van der Waals surface area (Å²) in [5.41, 5.74) is 1.60. The van der Waals surface area contributed by atoms with Gasteiger partial charge in [0.2, 0.25) is 5.91 Å². The molecule has 168 valence electrons. The third-order valence-electron chi connectivity index (χ3n) is 4.49. The number of H-pyrrole nitrogens is 1. The summed E-state index contributed by atoms with van der Waals surface area (Å²) in [6.07, 6.45) is 1.43. The lowest BCUT2D eigenvalue weighted by atomic mass is 10.2. The molecule has 2 aromatic heterocycles. The van der Waals surface area contributed by atoms with E-state index >= 15 is 0 Å². The zero-order valence-corrected chi connectivity index (χ0v) is 18.9. The number of nitrogens with one attached hydrogen (secondary N) is 2. The van der Waals surface area contributed by atoms with Gasteiger partial charge < -0.3 is 15.0 Å². The Balaban J connectivity index is 1.46. The zero-order valence-electron chi connectivity index (χ0n) is 17.4. The van der Waals surface area contributed by atoms with Crippen LogP contribution in [-0.4, -0.2) is 44.0 Å². The van der Waals surface area contributed by atoms with Gasteiger partial charge in [0.25, 0.3) is 5.56 Å². The average molecular weight is 484 g/mol. The Morgan fingerprint density at radius 1 is 1.21 bits per heavy atom. The number of fused-ring (bicyclic) bond motifs is 1. The molecule has 4 aromatic rings. The lowest BCUT2D eigenvalue weighted by molar-refractivity contribution is -0.113. The van der Waals surface area contributed by atoms with Crippen molar-refractivity contribution in [3.8, 4) is 5.69 Å². The van der Waals surface area contributed by atoms with Gasteiger partial charge in [0.15, 0.2) is 10.8 Å². The molecule has 0 bridgehead atoms. The van der Waals surface area contributed by atoms with Gasteiger partial charge in [-0.3, -0.25) is 9.59 Å². The number of anilines is 1. The van der Waals surface area contributed by atoms with E-state index in [1.165, 1.54) is 10.9 Å². The highest BCUT2D eigenvalue weighted by atomic mass is 35.5. The predicted molar refractivity (Wildman–Crippen MR) is 126 cm³/mol. The molecule has 0 spiro atoms. The Morgan fingerprint density at radius 3 is 2.73 bits per heavy atom. The molecule has 0 saturated carbocycles. The molecule has 0 unspecified atom stereocenters. The van der Waals surface area contributed by atoms with Crippen LogP contribution in [0.25, 0.3) is 16.7 Å². The first kappa shape index (κ1) is 22.6. The fourth-order valence-corrected chi connectivity index (χ4v) is 3.84. The fraction of sp³-hybridized carbons (Fsp3) is 0.136. The van der Waals surface area contributed by atoms with Crippen LogP contribution in [0, 0.1) is 0 Å². The van der Waals surface area contributed by atoms with Gasteiger partial charge in [-0.05, 0) is 49.4 Å². The number of aromatic nitrogens is 4. The van der Waals surface area contributed by atoms with E-state index in [9.17, 15) is 14.4 Å². The largest absolute Gasteiger partial charge is 0.462 e. The van der Waals surface area contributed by atoms with Gasteiger partial charge in [-0.25, -0.2) is 14.5 Å². The second-order valence-corrected chi connectivity index (χ2v) is 8.18. The zero-order chi connectivity index (χ0) is 23.4. The van der Waals surface area contributed by atoms with Crippen molar-refractivity contribution in [1.82, 2.24) is 19.7 Å². The van der Waals surface area contributed by atoms with Crippen LogP contribution in [0.2, 0.25) is 5.02 Å². The van der Waals surface area contributed by atoms with E-state index < -0.39 is 5.97 Å². The number of thioether (sulfide) groups is 1. The van der Waals surface area contributed by atoms with Gasteiger partial charge in [0, 0.05) is 10.7 Å². The standard InChI is InChI=1S/C22H18ClN5O4S/c1-2-32-21(31)13-6-8-15(9-7-13)25-18(29)12-33-22-26-19-17(20(30)27-22)11-24-28(19)16-5-3-4-14(23)10-16/h3-11H,2,12H2,1H3,(H,25,29)(H,26,27,30). The van der Waals surface area contributed by atoms with Crippen LogP contribution in [0.3, 0.4) is 0 Å². The number of halogens is 1. The van der Waals surface area contributed by atoms with Crippen LogP contribution in [0.4, 0.5) is 5.69 Å². The Bertz CT molecular complexity index is 1380. The van der Waals surface area contributed by atoms with Crippen molar-refractivity contribution in [2.45, 2.75) is 12.1 Å². The molecule has 0 radical (unpaired) electrons. The Kier molecular flexibility index (Phi) is 6.76. The summed E-state index contributed by atoms with van der Waals surface area (Å²) in [7, 11) is 0. The summed E-state index contributed by atoms with van der Waals surface area (Å²) in [4.78, 5) is 43.6. The number of nitrogens with zero attached hydrogens (tertiary/aromatic N) is 3. The summed E-state index contributed by atoms with van der Waals surface area (Å²) in [5.74, 6) is -0.706. The van der Waals surface area contributed by atoms with E-state index in [4.69, 9.17) is 16.3 Å². The molecule has 2 aromatic carbocycles. The van der Waals surface area contributed by atoms with Gasteiger partial charge in [-0.2, -0.15) is 5.10 Å². The van der Waals surface area contributed by atoms with Gasteiger partial charge in [0.1, 0.15) is 5.39 Å². The van der Waals surface area contributed by atoms with Gasteiger partial charge >= 0.3 is 5.97 Å². The summed E-state index contributed by atoms with van der Waals surface area (Å²) in [5, 5.41) is 8.12. The summed E-state index contributed by atoms with van der Waals surface area (Å²) in [6.45, 7) is 2.02. The Labute approximate surface area is 197 Å². The molecule has 33 heavy (non-hydrogen) atoms. The van der Waals surface area contributed by atoms with E-state index in [2.05, 4.69) is 20.4 Å². The van der Waals surface area contributed by atoms with Gasteiger partial charge in [0.05, 0.1) is 29.8 Å². The van der Waals surface area contributed by atoms with Crippen LogP contribution in [0.5, 0.6) is 0 Å². The molecular weight excluding hydrogens is 466 g/mol. The molecule has 2 heterocycles. The average Bonchev–Trinajstić information content (AvgIpc) is 3.23. The third-order valence-corrected chi connectivity index (χ3v) is 5.60. The minimum atomic E-state index is -0.423. The van der Waals surface area contributed by atoms with Crippen molar-refractivity contribution < 1.29 is 14.3 Å². The van der Waals surface area contributed by atoms with E-state index in [1.807, 2.05) is 0 Å². The maximum absolute atomic E-state index is 12.5. The van der Waals surface area contributed by atoms with Crippen LogP contribution in [0.1, 0.15) is 17.3 Å². The number of hydrogen-bond acceptors (Lipinski definition) is 7.